The highest BCUT2D eigenvalue weighted by molar-refractivity contribution is 8.31. The van der Waals surface area contributed by atoms with Gasteiger partial charge in [0.05, 0.1) is 17.8 Å². The number of para-hydroxylation sites is 1. The van der Waals surface area contributed by atoms with Crippen molar-refractivity contribution in [1.82, 2.24) is 24.6 Å². The van der Waals surface area contributed by atoms with Crippen molar-refractivity contribution in [2.75, 3.05) is 6.54 Å². The molecule has 13 heteroatoms. The zero-order valence-corrected chi connectivity index (χ0v) is 20.8. The Balaban J connectivity index is 1.28. The first kappa shape index (κ1) is 25.2. The van der Waals surface area contributed by atoms with Gasteiger partial charge in [-0.2, -0.15) is 13.2 Å². The first-order valence-electron chi connectivity index (χ1n) is 11.3. The van der Waals surface area contributed by atoms with E-state index >= 15 is 0 Å². The molecule has 4 heterocycles. The number of benzene rings is 1. The smallest absolute Gasteiger partial charge is 0.419 e. The normalized spacial score (nSPS) is 18.1. The fourth-order valence-corrected chi connectivity index (χ4v) is 6.51. The molecular weight excluding hydrogens is 527 g/mol. The Morgan fingerprint density at radius 1 is 1.16 bits per heavy atom. The third-order valence-corrected chi connectivity index (χ3v) is 8.80. The standard InChI is InChI=1S/C24H20F3N5O3S2/c25-24(26,27)17-12-29-22(30-13-17)16-7-8-28-18(10-16)14-31-23(33)19-5-3-9-32(19)37(34,36)21-11-15-4-1-2-6-20(15)35-21/h1-2,4,6-8,10-13,19H,3,5,9,14H2,(H,31,33)/t19-,37?/m0/s1. The van der Waals surface area contributed by atoms with E-state index in [0.29, 0.717) is 48.6 Å². The summed E-state index contributed by atoms with van der Waals surface area (Å²) in [4.78, 5) is 24.8. The van der Waals surface area contributed by atoms with Crippen molar-refractivity contribution >= 4 is 36.7 Å². The second kappa shape index (κ2) is 9.80. The Kier molecular flexibility index (Phi) is 6.68. The second-order valence-electron chi connectivity index (χ2n) is 8.42. The molecule has 8 nitrogen and oxygen atoms in total. The van der Waals surface area contributed by atoms with Crippen LogP contribution in [0.2, 0.25) is 0 Å². The molecular formula is C24H20F3N5O3S2. The number of nitrogens with zero attached hydrogens (tertiary/aromatic N) is 4. The van der Waals surface area contributed by atoms with Gasteiger partial charge in [0.15, 0.2) is 14.5 Å². The maximum absolute atomic E-state index is 13.6. The predicted molar refractivity (Wildman–Crippen MR) is 132 cm³/mol. The van der Waals surface area contributed by atoms with Gasteiger partial charge in [0, 0.05) is 53.3 Å². The number of pyridine rings is 1. The van der Waals surface area contributed by atoms with Crippen molar-refractivity contribution in [3.8, 4) is 11.4 Å². The van der Waals surface area contributed by atoms with E-state index in [9.17, 15) is 22.2 Å². The van der Waals surface area contributed by atoms with Crippen molar-refractivity contribution in [3.63, 3.8) is 0 Å². The molecule has 0 aliphatic carbocycles. The number of hydrogen-bond acceptors (Lipinski definition) is 7. The third-order valence-electron chi connectivity index (χ3n) is 5.97. The van der Waals surface area contributed by atoms with Crippen LogP contribution >= 0.6 is 0 Å². The molecule has 1 amide bonds. The Hall–Kier alpha value is -3.42. The van der Waals surface area contributed by atoms with E-state index in [1.165, 1.54) is 10.5 Å². The lowest BCUT2D eigenvalue weighted by atomic mass is 10.2. The van der Waals surface area contributed by atoms with Crippen LogP contribution in [0.3, 0.4) is 0 Å². The molecule has 0 spiro atoms. The van der Waals surface area contributed by atoms with Gasteiger partial charge in [0.25, 0.3) is 0 Å². The lowest BCUT2D eigenvalue weighted by Gasteiger charge is -2.24. The minimum absolute atomic E-state index is 0.0426. The summed E-state index contributed by atoms with van der Waals surface area (Å²) in [6.07, 6.45) is -0.519. The molecule has 192 valence electrons. The monoisotopic (exact) mass is 547 g/mol. The summed E-state index contributed by atoms with van der Waals surface area (Å²) in [5, 5.41) is 3.72. The minimum Gasteiger partial charge on any atom is -0.446 e. The number of amides is 1. The van der Waals surface area contributed by atoms with Crippen LogP contribution in [0.1, 0.15) is 24.1 Å². The highest BCUT2D eigenvalue weighted by Gasteiger charge is 2.38. The van der Waals surface area contributed by atoms with Gasteiger partial charge in [-0.15, -0.1) is 0 Å². The summed E-state index contributed by atoms with van der Waals surface area (Å²) < 4.78 is 59.2. The van der Waals surface area contributed by atoms with Crippen molar-refractivity contribution in [2.45, 2.75) is 36.7 Å². The average Bonchev–Trinajstić information content (AvgIpc) is 3.55. The molecule has 37 heavy (non-hydrogen) atoms. The quantitative estimate of drug-likeness (QED) is 0.388. The fourth-order valence-electron chi connectivity index (χ4n) is 4.12. The first-order chi connectivity index (χ1) is 17.6. The van der Waals surface area contributed by atoms with E-state index < -0.39 is 26.5 Å². The van der Waals surface area contributed by atoms with Gasteiger partial charge in [0.1, 0.15) is 11.6 Å². The summed E-state index contributed by atoms with van der Waals surface area (Å²) in [7, 11) is -3.21. The van der Waals surface area contributed by atoms with Crippen LogP contribution in [0.5, 0.6) is 0 Å². The van der Waals surface area contributed by atoms with Crippen LogP contribution in [0.15, 0.2) is 70.6 Å². The highest BCUT2D eigenvalue weighted by atomic mass is 32.8. The van der Waals surface area contributed by atoms with Gasteiger partial charge >= 0.3 is 6.18 Å². The minimum atomic E-state index is -4.53. The molecule has 0 bridgehead atoms. The predicted octanol–water partition coefficient (Wildman–Crippen LogP) is 4.10. The molecule has 0 saturated carbocycles. The molecule has 1 saturated heterocycles. The number of carbonyl (C=O) groups excluding carboxylic acids is 1. The number of hydrogen-bond donors (Lipinski definition) is 1. The number of alkyl halides is 3. The van der Waals surface area contributed by atoms with Gasteiger partial charge in [-0.05, 0) is 31.0 Å². The summed E-state index contributed by atoms with van der Waals surface area (Å²) in [6, 6.07) is 11.3. The molecule has 1 fully saturated rings. The molecule has 0 radical (unpaired) electrons. The van der Waals surface area contributed by atoms with Crippen LogP contribution in [-0.4, -0.2) is 42.0 Å². The van der Waals surface area contributed by atoms with E-state index in [4.69, 9.17) is 15.6 Å². The number of furan rings is 1. The maximum Gasteiger partial charge on any atom is 0.419 e. The summed E-state index contributed by atoms with van der Waals surface area (Å²) >= 11 is 5.47. The lowest BCUT2D eigenvalue weighted by molar-refractivity contribution is -0.138. The molecule has 4 aromatic rings. The van der Waals surface area contributed by atoms with Gasteiger partial charge < -0.3 is 9.73 Å². The summed E-state index contributed by atoms with van der Waals surface area (Å²) in [5.74, 6) is -0.259. The summed E-state index contributed by atoms with van der Waals surface area (Å²) in [5.41, 5.74) is 0.530. The Morgan fingerprint density at radius 2 is 1.92 bits per heavy atom. The molecule has 1 aromatic carbocycles. The van der Waals surface area contributed by atoms with Crippen molar-refractivity contribution in [2.24, 2.45) is 0 Å². The van der Waals surface area contributed by atoms with E-state index in [1.54, 1.807) is 30.3 Å². The zero-order chi connectivity index (χ0) is 26.2. The molecule has 3 aromatic heterocycles. The fraction of sp³-hybridized carbons (Fsp3) is 0.250. The highest BCUT2D eigenvalue weighted by Crippen LogP contribution is 2.31. The SMILES string of the molecule is O=C(NCc1cc(-c2ncc(C(F)(F)F)cn2)ccn1)[C@@H]1CCCN1S(=O)(=S)c1cc2ccccc2o1. The van der Waals surface area contributed by atoms with Crippen LogP contribution in [0.25, 0.3) is 22.4 Å². The number of rotatable bonds is 6. The van der Waals surface area contributed by atoms with Crippen molar-refractivity contribution < 1.29 is 26.6 Å². The number of halogens is 3. The summed E-state index contributed by atoms with van der Waals surface area (Å²) in [6.45, 7) is 0.428. The van der Waals surface area contributed by atoms with Crippen LogP contribution in [-0.2, 0) is 37.4 Å². The number of aromatic nitrogens is 3. The molecule has 1 aliphatic rings. The number of carbonyl (C=O) groups is 1. The Morgan fingerprint density at radius 3 is 2.65 bits per heavy atom. The molecule has 1 unspecified atom stereocenters. The van der Waals surface area contributed by atoms with Gasteiger partial charge in [-0.3, -0.25) is 9.78 Å². The van der Waals surface area contributed by atoms with Crippen molar-refractivity contribution in [3.05, 3.63) is 72.3 Å². The van der Waals surface area contributed by atoms with Crippen LogP contribution in [0.4, 0.5) is 13.2 Å². The zero-order valence-electron chi connectivity index (χ0n) is 19.1. The van der Waals surface area contributed by atoms with E-state index in [2.05, 4.69) is 20.3 Å². The van der Waals surface area contributed by atoms with Gasteiger partial charge in [-0.1, -0.05) is 18.2 Å². The van der Waals surface area contributed by atoms with E-state index in [1.807, 2.05) is 12.1 Å². The second-order valence-corrected chi connectivity index (χ2v) is 11.6. The van der Waals surface area contributed by atoms with Crippen LogP contribution < -0.4 is 5.32 Å². The number of nitrogens with one attached hydrogen (secondary N) is 1. The average molecular weight is 548 g/mol. The van der Waals surface area contributed by atoms with Gasteiger partial charge in [0.2, 0.25) is 11.0 Å². The van der Waals surface area contributed by atoms with E-state index in [-0.39, 0.29) is 23.4 Å². The van der Waals surface area contributed by atoms with Gasteiger partial charge in [-0.25, -0.2) is 18.5 Å². The lowest BCUT2D eigenvalue weighted by Crippen LogP contribution is -2.45. The first-order valence-corrected chi connectivity index (χ1v) is 13.7. The topological polar surface area (TPSA) is 101 Å². The Labute approximate surface area is 214 Å². The molecule has 1 aliphatic heterocycles. The molecule has 2 atom stereocenters. The third kappa shape index (κ3) is 5.20. The maximum atomic E-state index is 13.6. The van der Waals surface area contributed by atoms with Crippen molar-refractivity contribution in [1.29, 1.82) is 0 Å². The number of fused-ring (bicyclic) bond motifs is 1. The Bertz CT molecular complexity index is 1520. The molecule has 1 N–H and O–H groups in total. The largest absolute Gasteiger partial charge is 0.446 e. The van der Waals surface area contributed by atoms with E-state index in [0.717, 1.165) is 5.39 Å². The molecule has 5 rings (SSSR count). The van der Waals surface area contributed by atoms with Crippen LogP contribution in [0, 0.1) is 0 Å².